The van der Waals surface area contributed by atoms with Crippen molar-refractivity contribution in [2.75, 3.05) is 7.05 Å². The molecule has 2 bridgehead atoms. The lowest BCUT2D eigenvalue weighted by Crippen LogP contribution is -2.58. The highest BCUT2D eigenvalue weighted by Gasteiger charge is 2.36. The second-order valence-electron chi connectivity index (χ2n) is 7.70. The maximum absolute atomic E-state index is 12.2. The summed E-state index contributed by atoms with van der Waals surface area (Å²) in [6.07, 6.45) is 6.36. The van der Waals surface area contributed by atoms with Gasteiger partial charge in [-0.05, 0) is 60.4 Å². The summed E-state index contributed by atoms with van der Waals surface area (Å²) in [6, 6.07) is 1.79. The Morgan fingerprint density at radius 1 is 1.20 bits per heavy atom. The molecule has 0 spiro atoms. The fourth-order valence-electron chi connectivity index (χ4n) is 3.66. The Bertz CT molecular complexity index is 336. The molecule has 2 saturated heterocycles. The first kappa shape index (κ1) is 15.8. The molecule has 3 unspecified atom stereocenters. The van der Waals surface area contributed by atoms with E-state index in [1.165, 1.54) is 32.1 Å². The topological polar surface area (TPSA) is 44.4 Å². The molecule has 4 heteroatoms. The van der Waals surface area contributed by atoms with Gasteiger partial charge in [-0.3, -0.25) is 4.79 Å². The number of nitrogens with one attached hydrogen (secondary N) is 2. The lowest BCUT2D eigenvalue weighted by molar-refractivity contribution is -0.124. The Morgan fingerprint density at radius 3 is 2.25 bits per heavy atom. The lowest BCUT2D eigenvalue weighted by atomic mass is 9.82. The van der Waals surface area contributed by atoms with Crippen molar-refractivity contribution in [2.45, 2.75) is 89.5 Å². The molecular formula is C16H31N3O. The second-order valence-corrected chi connectivity index (χ2v) is 7.70. The number of amides is 1. The molecule has 4 nitrogen and oxygen atoms in total. The molecule has 0 aromatic heterocycles. The zero-order chi connectivity index (χ0) is 14.9. The van der Waals surface area contributed by atoms with Gasteiger partial charge in [0, 0.05) is 23.7 Å². The highest BCUT2D eigenvalue weighted by molar-refractivity contribution is 5.81. The highest BCUT2D eigenvalue weighted by atomic mass is 16.2. The molecule has 2 aliphatic rings. The van der Waals surface area contributed by atoms with Crippen LogP contribution in [0.5, 0.6) is 0 Å². The molecule has 2 heterocycles. The van der Waals surface area contributed by atoms with Gasteiger partial charge in [0.25, 0.3) is 0 Å². The van der Waals surface area contributed by atoms with Crippen LogP contribution in [0, 0.1) is 0 Å². The van der Waals surface area contributed by atoms with Crippen LogP contribution >= 0.6 is 0 Å². The molecule has 0 aromatic rings. The fourth-order valence-corrected chi connectivity index (χ4v) is 3.66. The van der Waals surface area contributed by atoms with E-state index in [-0.39, 0.29) is 17.5 Å². The van der Waals surface area contributed by atoms with E-state index in [4.69, 9.17) is 0 Å². The average molecular weight is 281 g/mol. The molecule has 2 fully saturated rings. The van der Waals surface area contributed by atoms with Gasteiger partial charge in [-0.2, -0.15) is 0 Å². The molecular weight excluding hydrogens is 250 g/mol. The molecule has 0 aromatic carbocycles. The number of nitrogens with zero attached hydrogens (tertiary/aromatic N) is 1. The largest absolute Gasteiger partial charge is 0.350 e. The van der Waals surface area contributed by atoms with E-state index in [0.29, 0.717) is 18.1 Å². The third kappa shape index (κ3) is 3.95. The van der Waals surface area contributed by atoms with Gasteiger partial charge in [-0.1, -0.05) is 6.42 Å². The first-order valence-corrected chi connectivity index (χ1v) is 8.06. The van der Waals surface area contributed by atoms with Gasteiger partial charge in [0.15, 0.2) is 0 Å². The van der Waals surface area contributed by atoms with Crippen LogP contribution in [0.1, 0.15) is 59.8 Å². The number of hydrogen-bond donors (Lipinski definition) is 2. The number of carbonyl (C=O) groups is 1. The number of carbonyl (C=O) groups excluding carboxylic acids is 1. The van der Waals surface area contributed by atoms with Crippen molar-refractivity contribution in [2.24, 2.45) is 0 Å². The predicted molar refractivity (Wildman–Crippen MR) is 82.7 cm³/mol. The number of fused-ring (bicyclic) bond motifs is 2. The Hall–Kier alpha value is -0.610. The first-order chi connectivity index (χ1) is 9.26. The average Bonchev–Trinajstić information content (AvgIpc) is 2.28. The van der Waals surface area contributed by atoms with Crippen molar-refractivity contribution in [1.82, 2.24) is 15.5 Å². The van der Waals surface area contributed by atoms with Gasteiger partial charge < -0.3 is 15.5 Å². The van der Waals surface area contributed by atoms with Crippen LogP contribution in [0.2, 0.25) is 0 Å². The summed E-state index contributed by atoms with van der Waals surface area (Å²) in [5.74, 6) is 0.113. The molecule has 0 aliphatic carbocycles. The van der Waals surface area contributed by atoms with Crippen molar-refractivity contribution in [3.8, 4) is 0 Å². The number of hydrogen-bond acceptors (Lipinski definition) is 3. The summed E-state index contributed by atoms with van der Waals surface area (Å²) in [4.78, 5) is 14.7. The molecule has 0 radical (unpaired) electrons. The van der Waals surface area contributed by atoms with E-state index in [2.05, 4.69) is 22.6 Å². The standard InChI is InChI=1S/C16H31N3O/c1-11(15(20)18-16(2,3)4)17-12-9-13-7-6-8-14(10-12)19(13)5/h11-14,17H,6-10H2,1-5H3,(H,18,20). The van der Waals surface area contributed by atoms with Gasteiger partial charge in [-0.15, -0.1) is 0 Å². The van der Waals surface area contributed by atoms with Crippen molar-refractivity contribution < 1.29 is 4.79 Å². The van der Waals surface area contributed by atoms with Gasteiger partial charge in [-0.25, -0.2) is 0 Å². The first-order valence-electron chi connectivity index (χ1n) is 8.06. The Balaban J connectivity index is 1.86. The quantitative estimate of drug-likeness (QED) is 0.830. The Morgan fingerprint density at radius 2 is 1.75 bits per heavy atom. The minimum Gasteiger partial charge on any atom is -0.350 e. The fraction of sp³-hybridized carbons (Fsp3) is 0.938. The minimum absolute atomic E-state index is 0.108. The van der Waals surface area contributed by atoms with Crippen LogP contribution in [0.4, 0.5) is 0 Å². The molecule has 116 valence electrons. The maximum atomic E-state index is 12.2. The third-order valence-electron chi connectivity index (χ3n) is 4.72. The summed E-state index contributed by atoms with van der Waals surface area (Å²) < 4.78 is 0. The van der Waals surface area contributed by atoms with Gasteiger partial charge in [0.05, 0.1) is 6.04 Å². The Labute approximate surface area is 123 Å². The summed E-state index contributed by atoms with van der Waals surface area (Å²) >= 11 is 0. The molecule has 2 aliphatic heterocycles. The van der Waals surface area contributed by atoms with Crippen LogP contribution in [-0.2, 0) is 4.79 Å². The summed E-state index contributed by atoms with van der Waals surface area (Å²) in [5.41, 5.74) is -0.156. The number of piperidine rings is 2. The summed E-state index contributed by atoms with van der Waals surface area (Å²) in [6.45, 7) is 8.06. The van der Waals surface area contributed by atoms with E-state index in [1.807, 2.05) is 27.7 Å². The highest BCUT2D eigenvalue weighted by Crippen LogP contribution is 2.32. The lowest BCUT2D eigenvalue weighted by Gasteiger charge is -2.47. The molecule has 3 atom stereocenters. The van der Waals surface area contributed by atoms with Crippen LogP contribution in [0.3, 0.4) is 0 Å². The minimum atomic E-state index is -0.156. The maximum Gasteiger partial charge on any atom is 0.237 e. The van der Waals surface area contributed by atoms with Crippen molar-refractivity contribution in [1.29, 1.82) is 0 Å². The zero-order valence-corrected chi connectivity index (χ0v) is 13.7. The second kappa shape index (κ2) is 6.02. The predicted octanol–water partition coefficient (Wildman–Crippen LogP) is 1.89. The van der Waals surface area contributed by atoms with E-state index in [1.54, 1.807) is 0 Å². The van der Waals surface area contributed by atoms with E-state index < -0.39 is 0 Å². The van der Waals surface area contributed by atoms with Gasteiger partial charge in [0.1, 0.15) is 0 Å². The van der Waals surface area contributed by atoms with Gasteiger partial charge in [0.2, 0.25) is 5.91 Å². The van der Waals surface area contributed by atoms with Crippen LogP contribution in [0.15, 0.2) is 0 Å². The van der Waals surface area contributed by atoms with Crippen molar-refractivity contribution in [3.63, 3.8) is 0 Å². The van der Waals surface area contributed by atoms with E-state index >= 15 is 0 Å². The van der Waals surface area contributed by atoms with Crippen LogP contribution in [-0.4, -0.2) is 47.6 Å². The van der Waals surface area contributed by atoms with E-state index in [0.717, 1.165) is 0 Å². The molecule has 2 rings (SSSR count). The normalized spacial score (nSPS) is 32.8. The zero-order valence-electron chi connectivity index (χ0n) is 13.7. The molecule has 2 N–H and O–H groups in total. The molecule has 0 saturated carbocycles. The molecule has 1 amide bonds. The SMILES string of the molecule is CC(NC1CC2CCCC(C1)N2C)C(=O)NC(C)(C)C. The van der Waals surface area contributed by atoms with Crippen LogP contribution in [0.25, 0.3) is 0 Å². The monoisotopic (exact) mass is 281 g/mol. The molecule has 20 heavy (non-hydrogen) atoms. The smallest absolute Gasteiger partial charge is 0.237 e. The third-order valence-corrected chi connectivity index (χ3v) is 4.72. The van der Waals surface area contributed by atoms with Gasteiger partial charge >= 0.3 is 0 Å². The Kier molecular flexibility index (Phi) is 4.75. The van der Waals surface area contributed by atoms with Crippen molar-refractivity contribution in [3.05, 3.63) is 0 Å². The van der Waals surface area contributed by atoms with E-state index in [9.17, 15) is 4.79 Å². The van der Waals surface area contributed by atoms with Crippen LogP contribution < -0.4 is 10.6 Å². The number of rotatable bonds is 3. The summed E-state index contributed by atoms with van der Waals surface area (Å²) in [5, 5.41) is 6.61. The van der Waals surface area contributed by atoms with Crippen molar-refractivity contribution >= 4 is 5.91 Å². The summed E-state index contributed by atoms with van der Waals surface area (Å²) in [7, 11) is 2.26.